The second-order valence-corrected chi connectivity index (χ2v) is 5.51. The zero-order chi connectivity index (χ0) is 22.1. The number of nitrogen functional groups attached to an aromatic ring is 1. The van der Waals surface area contributed by atoms with Gasteiger partial charge in [-0.25, -0.2) is 22.2 Å². The van der Waals surface area contributed by atoms with Crippen LogP contribution in [0, 0.1) is 34.6 Å². The smallest absolute Gasteiger partial charge is 0.422 e. The Bertz CT molecular complexity index is 979. The SMILES string of the molecule is CCOC(=O)CCc1c(C#N)c(N)nn1-c1c(F)c(F)c(C(F)(F)F)c(F)c1F. The number of aromatic nitrogens is 2. The standard InChI is InChI=1S/C16H11F7N4O2/c1-2-29-8(28)4-3-7-6(5-24)15(25)26-27(7)14-12(19)10(17)9(16(21,22)23)11(18)13(14)20/h2-4H2,1H3,(H2,25,26). The van der Waals surface area contributed by atoms with Crippen molar-refractivity contribution in [2.45, 2.75) is 25.9 Å². The zero-order valence-electron chi connectivity index (χ0n) is 14.5. The summed E-state index contributed by atoms with van der Waals surface area (Å²) in [6.45, 7) is 1.50. The molecule has 1 heterocycles. The molecule has 156 valence electrons. The number of alkyl halides is 3. The van der Waals surface area contributed by atoms with E-state index in [1.165, 1.54) is 6.92 Å². The summed E-state index contributed by atoms with van der Waals surface area (Å²) in [7, 11) is 0. The first-order valence-electron chi connectivity index (χ1n) is 7.82. The fourth-order valence-corrected chi connectivity index (χ4v) is 2.52. The molecule has 0 bridgehead atoms. The van der Waals surface area contributed by atoms with Crippen molar-refractivity contribution in [3.63, 3.8) is 0 Å². The monoisotopic (exact) mass is 424 g/mol. The van der Waals surface area contributed by atoms with E-state index in [1.54, 1.807) is 6.07 Å². The number of hydrogen-bond acceptors (Lipinski definition) is 5. The lowest BCUT2D eigenvalue weighted by Gasteiger charge is -2.15. The molecule has 29 heavy (non-hydrogen) atoms. The minimum absolute atomic E-state index is 0.00389. The molecule has 1 aromatic carbocycles. The van der Waals surface area contributed by atoms with Gasteiger partial charge in [0.2, 0.25) is 0 Å². The summed E-state index contributed by atoms with van der Waals surface area (Å²) in [5.41, 5.74) is 0.108. The first-order chi connectivity index (χ1) is 13.4. The van der Waals surface area contributed by atoms with E-state index in [2.05, 4.69) is 9.84 Å². The fourth-order valence-electron chi connectivity index (χ4n) is 2.52. The van der Waals surface area contributed by atoms with Crippen LogP contribution in [0.15, 0.2) is 0 Å². The molecule has 2 N–H and O–H groups in total. The van der Waals surface area contributed by atoms with Crippen LogP contribution in [0.25, 0.3) is 5.69 Å². The second kappa shape index (κ2) is 7.98. The maximum Gasteiger partial charge on any atom is 0.422 e. The number of carbonyl (C=O) groups is 1. The van der Waals surface area contributed by atoms with Crippen LogP contribution in [0.1, 0.15) is 30.2 Å². The molecule has 0 radical (unpaired) electrons. The van der Waals surface area contributed by atoms with Crippen LogP contribution in [0.3, 0.4) is 0 Å². The van der Waals surface area contributed by atoms with Gasteiger partial charge in [0.15, 0.2) is 29.1 Å². The highest BCUT2D eigenvalue weighted by molar-refractivity contribution is 5.70. The van der Waals surface area contributed by atoms with Crippen LogP contribution in [0.4, 0.5) is 36.6 Å². The first kappa shape index (κ1) is 22.0. The van der Waals surface area contributed by atoms with Gasteiger partial charge in [-0.05, 0) is 6.92 Å². The summed E-state index contributed by atoms with van der Waals surface area (Å²) in [6, 6.07) is 1.54. The second-order valence-electron chi connectivity index (χ2n) is 5.51. The van der Waals surface area contributed by atoms with E-state index in [1.807, 2.05) is 0 Å². The molecule has 0 aliphatic carbocycles. The van der Waals surface area contributed by atoms with Gasteiger partial charge in [0.25, 0.3) is 0 Å². The average molecular weight is 424 g/mol. The molecule has 2 aromatic rings. The van der Waals surface area contributed by atoms with Crippen LogP contribution < -0.4 is 5.73 Å². The van der Waals surface area contributed by atoms with Crippen molar-refractivity contribution in [3.8, 4) is 11.8 Å². The minimum atomic E-state index is -5.72. The summed E-state index contributed by atoms with van der Waals surface area (Å²) in [5, 5.41) is 12.5. The maximum absolute atomic E-state index is 14.3. The molecular weight excluding hydrogens is 413 g/mol. The molecule has 0 amide bonds. The Morgan fingerprint density at radius 2 is 1.72 bits per heavy atom. The van der Waals surface area contributed by atoms with Crippen molar-refractivity contribution in [1.29, 1.82) is 5.26 Å². The molecular formula is C16H11F7N4O2. The molecule has 1 aromatic heterocycles. The highest BCUT2D eigenvalue weighted by Crippen LogP contribution is 2.38. The van der Waals surface area contributed by atoms with Crippen LogP contribution in [0.2, 0.25) is 0 Å². The highest BCUT2D eigenvalue weighted by Gasteiger charge is 2.43. The number of hydrogen-bond donors (Lipinski definition) is 1. The van der Waals surface area contributed by atoms with Crippen LogP contribution in [0.5, 0.6) is 0 Å². The number of anilines is 1. The topological polar surface area (TPSA) is 93.9 Å². The number of halogens is 7. The largest absolute Gasteiger partial charge is 0.466 e. The normalized spacial score (nSPS) is 11.4. The first-order valence-corrected chi connectivity index (χ1v) is 7.82. The van der Waals surface area contributed by atoms with E-state index in [9.17, 15) is 35.5 Å². The van der Waals surface area contributed by atoms with Gasteiger partial charge >= 0.3 is 12.1 Å². The highest BCUT2D eigenvalue weighted by atomic mass is 19.4. The fraction of sp³-hybridized carbons (Fsp3) is 0.312. The van der Waals surface area contributed by atoms with Crippen molar-refractivity contribution in [3.05, 3.63) is 40.1 Å². The molecule has 0 atom stereocenters. The van der Waals surface area contributed by atoms with Crippen LogP contribution in [-0.4, -0.2) is 22.4 Å². The van der Waals surface area contributed by atoms with Gasteiger partial charge < -0.3 is 10.5 Å². The number of esters is 1. The van der Waals surface area contributed by atoms with Gasteiger partial charge in [0.05, 0.1) is 18.7 Å². The maximum atomic E-state index is 14.3. The van der Waals surface area contributed by atoms with Gasteiger partial charge in [-0.15, -0.1) is 5.10 Å². The Hall–Kier alpha value is -3.30. The summed E-state index contributed by atoms with van der Waals surface area (Å²) < 4.78 is 99.4. The van der Waals surface area contributed by atoms with Crippen LogP contribution in [-0.2, 0) is 22.1 Å². The Labute approximate surface area is 158 Å². The van der Waals surface area contributed by atoms with Gasteiger partial charge in [0, 0.05) is 6.42 Å². The lowest BCUT2D eigenvalue weighted by Crippen LogP contribution is -2.19. The van der Waals surface area contributed by atoms with Crippen molar-refractivity contribution in [2.75, 3.05) is 12.3 Å². The average Bonchev–Trinajstić information content (AvgIpc) is 2.93. The molecule has 13 heteroatoms. The lowest BCUT2D eigenvalue weighted by molar-refractivity contribution is -0.144. The Balaban J connectivity index is 2.73. The molecule has 0 saturated carbocycles. The van der Waals surface area contributed by atoms with E-state index in [4.69, 9.17) is 11.0 Å². The van der Waals surface area contributed by atoms with Crippen molar-refractivity contribution >= 4 is 11.8 Å². The summed E-state index contributed by atoms with van der Waals surface area (Å²) >= 11 is 0. The summed E-state index contributed by atoms with van der Waals surface area (Å²) in [4.78, 5) is 11.5. The van der Waals surface area contributed by atoms with E-state index >= 15 is 0 Å². The number of nitrogens with two attached hydrogens (primary N) is 1. The van der Waals surface area contributed by atoms with E-state index in [-0.39, 0.29) is 11.3 Å². The molecule has 0 fully saturated rings. The molecule has 0 unspecified atom stereocenters. The quantitative estimate of drug-likeness (QED) is 0.451. The van der Waals surface area contributed by atoms with Gasteiger partial charge in [0.1, 0.15) is 22.9 Å². The zero-order valence-corrected chi connectivity index (χ0v) is 14.5. The minimum Gasteiger partial charge on any atom is -0.466 e. The van der Waals surface area contributed by atoms with Crippen molar-refractivity contribution < 1.29 is 40.3 Å². The predicted molar refractivity (Wildman–Crippen MR) is 82.5 cm³/mol. The molecule has 0 saturated heterocycles. The van der Waals surface area contributed by atoms with E-state index in [0.29, 0.717) is 0 Å². The molecule has 0 aliphatic heterocycles. The number of nitriles is 1. The third-order valence-electron chi connectivity index (χ3n) is 3.73. The predicted octanol–water partition coefficient (Wildman–Crippen LogP) is 3.40. The molecule has 0 spiro atoms. The molecule has 2 rings (SSSR count). The number of ether oxygens (including phenoxy) is 1. The van der Waals surface area contributed by atoms with E-state index in [0.717, 1.165) is 0 Å². The van der Waals surface area contributed by atoms with Crippen LogP contribution >= 0.6 is 0 Å². The number of benzene rings is 1. The number of rotatable bonds is 5. The third-order valence-corrected chi connectivity index (χ3v) is 3.73. The molecule has 0 aliphatic rings. The Kier molecular flexibility index (Phi) is 6.05. The van der Waals surface area contributed by atoms with Crippen molar-refractivity contribution in [1.82, 2.24) is 9.78 Å². The number of nitrogens with zero attached hydrogens (tertiary/aromatic N) is 3. The van der Waals surface area contributed by atoms with E-state index < -0.39 is 76.6 Å². The van der Waals surface area contributed by atoms with Gasteiger partial charge in [-0.1, -0.05) is 0 Å². The van der Waals surface area contributed by atoms with Gasteiger partial charge in [-0.3, -0.25) is 4.79 Å². The third kappa shape index (κ3) is 3.96. The Morgan fingerprint density at radius 1 is 1.17 bits per heavy atom. The molecule has 6 nitrogen and oxygen atoms in total. The Morgan fingerprint density at radius 3 is 2.17 bits per heavy atom. The summed E-state index contributed by atoms with van der Waals surface area (Å²) in [6.07, 6.45) is -6.63. The summed E-state index contributed by atoms with van der Waals surface area (Å²) in [5.74, 6) is -11.6. The number of carbonyl (C=O) groups excluding carboxylic acids is 1. The lowest BCUT2D eigenvalue weighted by atomic mass is 10.1. The van der Waals surface area contributed by atoms with Crippen molar-refractivity contribution in [2.24, 2.45) is 0 Å². The van der Waals surface area contributed by atoms with Gasteiger partial charge in [-0.2, -0.15) is 18.4 Å².